The Morgan fingerprint density at radius 3 is 1.96 bits per heavy atom. The SMILES string of the molecule is O=C(Nc1ccccc1)C1=CC=CC1=C([O-])Nc1ccccc1.[Li+]. The van der Waals surface area contributed by atoms with Crippen molar-refractivity contribution < 1.29 is 28.8 Å². The van der Waals surface area contributed by atoms with Crippen LogP contribution in [0.3, 0.4) is 0 Å². The quantitative estimate of drug-likeness (QED) is 0.608. The minimum Gasteiger partial charge on any atom is -0.860 e. The van der Waals surface area contributed by atoms with E-state index in [-0.39, 0.29) is 30.7 Å². The first-order valence-corrected chi connectivity index (χ1v) is 7.22. The smallest absolute Gasteiger partial charge is 0.860 e. The third kappa shape index (κ3) is 4.20. The third-order valence-corrected chi connectivity index (χ3v) is 3.37. The van der Waals surface area contributed by atoms with Crippen LogP contribution >= 0.6 is 0 Å². The van der Waals surface area contributed by atoms with Crippen molar-refractivity contribution in [3.63, 3.8) is 0 Å². The number of amides is 1. The Labute approximate surface area is 152 Å². The Bertz CT molecular complexity index is 797. The van der Waals surface area contributed by atoms with Crippen molar-refractivity contribution in [3.8, 4) is 0 Å². The first-order chi connectivity index (χ1) is 11.2. The molecule has 0 saturated carbocycles. The minimum absolute atomic E-state index is 0. The average molecular weight is 310 g/mol. The van der Waals surface area contributed by atoms with E-state index in [1.807, 2.05) is 36.4 Å². The number of allylic oxidation sites excluding steroid dienone is 3. The molecule has 1 aliphatic rings. The first-order valence-electron chi connectivity index (χ1n) is 7.22. The maximum atomic E-state index is 12.4. The van der Waals surface area contributed by atoms with Crippen LogP contribution in [0.2, 0.25) is 0 Å². The molecule has 0 aliphatic heterocycles. The summed E-state index contributed by atoms with van der Waals surface area (Å²) in [7, 11) is 0. The topological polar surface area (TPSA) is 64.2 Å². The number of carbonyl (C=O) groups excluding carboxylic acids is 1. The summed E-state index contributed by atoms with van der Waals surface area (Å²) in [5.41, 5.74) is 2.07. The van der Waals surface area contributed by atoms with E-state index in [0.717, 1.165) is 0 Å². The molecule has 0 bridgehead atoms. The number of benzene rings is 2. The van der Waals surface area contributed by atoms with Gasteiger partial charge in [0.15, 0.2) is 0 Å². The predicted octanol–water partition coefficient (Wildman–Crippen LogP) is -0.191. The maximum Gasteiger partial charge on any atom is 1.00 e. The van der Waals surface area contributed by atoms with Gasteiger partial charge < -0.3 is 15.7 Å². The summed E-state index contributed by atoms with van der Waals surface area (Å²) in [5.74, 6) is -0.612. The minimum atomic E-state index is -0.306. The molecule has 0 saturated heterocycles. The van der Waals surface area contributed by atoms with Crippen molar-refractivity contribution in [1.29, 1.82) is 0 Å². The van der Waals surface area contributed by atoms with Crippen molar-refractivity contribution in [1.82, 2.24) is 0 Å². The summed E-state index contributed by atoms with van der Waals surface area (Å²) in [6.07, 6.45) is 4.97. The van der Waals surface area contributed by atoms with Crippen LogP contribution in [0, 0.1) is 0 Å². The van der Waals surface area contributed by atoms with Crippen molar-refractivity contribution in [3.05, 3.63) is 95.9 Å². The van der Waals surface area contributed by atoms with Gasteiger partial charge in [0.1, 0.15) is 0 Å². The van der Waals surface area contributed by atoms with Gasteiger partial charge in [-0.25, -0.2) is 0 Å². The molecule has 2 aromatic carbocycles. The number of carbonyl (C=O) groups is 1. The maximum absolute atomic E-state index is 12.4. The van der Waals surface area contributed by atoms with Crippen LogP contribution in [-0.4, -0.2) is 5.91 Å². The van der Waals surface area contributed by atoms with Crippen molar-refractivity contribution in [2.45, 2.75) is 0 Å². The van der Waals surface area contributed by atoms with E-state index >= 15 is 0 Å². The molecule has 0 heterocycles. The van der Waals surface area contributed by atoms with Gasteiger partial charge in [0.2, 0.25) is 0 Å². The van der Waals surface area contributed by atoms with Gasteiger partial charge in [0.25, 0.3) is 5.91 Å². The van der Waals surface area contributed by atoms with Crippen LogP contribution in [0.1, 0.15) is 0 Å². The van der Waals surface area contributed by atoms with Crippen LogP contribution in [-0.2, 0) is 4.79 Å². The van der Waals surface area contributed by atoms with Gasteiger partial charge in [-0.2, -0.15) is 0 Å². The summed E-state index contributed by atoms with van der Waals surface area (Å²) in [5, 5.41) is 17.9. The monoisotopic (exact) mass is 310 g/mol. The van der Waals surface area contributed by atoms with Crippen molar-refractivity contribution in [2.75, 3.05) is 10.6 Å². The summed E-state index contributed by atoms with van der Waals surface area (Å²) in [6.45, 7) is 0. The van der Waals surface area contributed by atoms with Gasteiger partial charge in [-0.1, -0.05) is 48.6 Å². The van der Waals surface area contributed by atoms with Gasteiger partial charge in [0, 0.05) is 16.9 Å². The van der Waals surface area contributed by atoms with Gasteiger partial charge in [-0.05, 0) is 41.8 Å². The number of anilines is 2. The molecular weight excluding hydrogens is 295 g/mol. The molecule has 4 nitrogen and oxygen atoms in total. The average Bonchev–Trinajstić information content (AvgIpc) is 3.06. The van der Waals surface area contributed by atoms with E-state index in [4.69, 9.17) is 0 Å². The predicted molar refractivity (Wildman–Crippen MR) is 89.4 cm³/mol. The number of para-hydroxylation sites is 2. The normalized spacial score (nSPS) is 14.4. The van der Waals surface area contributed by atoms with E-state index in [1.54, 1.807) is 42.5 Å². The molecule has 0 atom stereocenters. The Balaban J connectivity index is 0.00000208. The molecule has 2 aromatic rings. The zero-order chi connectivity index (χ0) is 16.1. The molecule has 5 heteroatoms. The third-order valence-electron chi connectivity index (χ3n) is 3.37. The van der Waals surface area contributed by atoms with Crippen LogP contribution in [0.4, 0.5) is 11.4 Å². The van der Waals surface area contributed by atoms with Gasteiger partial charge in [-0.15, -0.1) is 0 Å². The van der Waals surface area contributed by atoms with Crippen molar-refractivity contribution in [2.24, 2.45) is 0 Å². The fraction of sp³-hybridized carbons (Fsp3) is 0. The van der Waals surface area contributed by atoms with Crippen molar-refractivity contribution >= 4 is 17.3 Å². The summed E-state index contributed by atoms with van der Waals surface area (Å²) >= 11 is 0. The van der Waals surface area contributed by atoms with E-state index in [9.17, 15) is 9.90 Å². The second kappa shape index (κ2) is 8.26. The number of hydrogen-bond acceptors (Lipinski definition) is 3. The molecule has 1 amide bonds. The van der Waals surface area contributed by atoms with Crippen LogP contribution in [0.15, 0.2) is 95.9 Å². The molecule has 0 radical (unpaired) electrons. The molecule has 0 fully saturated rings. The number of nitrogens with one attached hydrogen (secondary N) is 2. The molecule has 0 aromatic heterocycles. The molecule has 2 N–H and O–H groups in total. The zero-order valence-electron chi connectivity index (χ0n) is 13.3. The Kier molecular flexibility index (Phi) is 6.08. The summed E-state index contributed by atoms with van der Waals surface area (Å²) in [4.78, 5) is 12.4. The first kappa shape index (κ1) is 17.7. The molecule has 1 aliphatic carbocycles. The fourth-order valence-corrected chi connectivity index (χ4v) is 2.26. The number of hydrogen-bond donors (Lipinski definition) is 2. The second-order valence-electron chi connectivity index (χ2n) is 4.99. The van der Waals surface area contributed by atoms with E-state index in [1.165, 1.54) is 0 Å². The second-order valence-corrected chi connectivity index (χ2v) is 4.99. The van der Waals surface area contributed by atoms with Gasteiger partial charge >= 0.3 is 18.9 Å². The molecule has 0 spiro atoms. The van der Waals surface area contributed by atoms with Gasteiger partial charge in [0.05, 0.1) is 0 Å². The van der Waals surface area contributed by atoms with Crippen LogP contribution in [0.5, 0.6) is 0 Å². The van der Waals surface area contributed by atoms with E-state index in [0.29, 0.717) is 22.5 Å². The van der Waals surface area contributed by atoms with Crippen LogP contribution in [0.25, 0.3) is 0 Å². The summed E-state index contributed by atoms with van der Waals surface area (Å²) < 4.78 is 0. The molecule has 114 valence electrons. The van der Waals surface area contributed by atoms with Gasteiger partial charge in [-0.3, -0.25) is 4.79 Å². The Hall–Kier alpha value is -2.67. The Morgan fingerprint density at radius 2 is 1.38 bits per heavy atom. The summed E-state index contributed by atoms with van der Waals surface area (Å²) in [6, 6.07) is 18.3. The molecular formula is C19H15LiN2O2. The van der Waals surface area contributed by atoms with E-state index in [2.05, 4.69) is 10.6 Å². The largest absolute Gasteiger partial charge is 1.00 e. The van der Waals surface area contributed by atoms with Crippen LogP contribution < -0.4 is 34.6 Å². The van der Waals surface area contributed by atoms with E-state index < -0.39 is 0 Å². The number of rotatable bonds is 4. The zero-order valence-corrected chi connectivity index (χ0v) is 13.3. The standard InChI is InChI=1S/C19H16N2O2.Li/c22-18(20-14-8-3-1-4-9-14)16-12-7-13-17(16)19(23)21-15-10-5-2-6-11-15;/h1-13,20,22H,(H,21,23);/q;+1/p-1. The Morgan fingerprint density at radius 1 is 0.833 bits per heavy atom. The molecule has 3 rings (SSSR count). The molecule has 0 unspecified atom stereocenters. The molecule has 24 heavy (non-hydrogen) atoms. The fourth-order valence-electron chi connectivity index (χ4n) is 2.26.